The van der Waals surface area contributed by atoms with Crippen molar-refractivity contribution in [3.8, 4) is 0 Å². The summed E-state index contributed by atoms with van der Waals surface area (Å²) in [6, 6.07) is 5.78. The zero-order valence-electron chi connectivity index (χ0n) is 5.87. The van der Waals surface area contributed by atoms with Gasteiger partial charge in [0.15, 0.2) is 0 Å². The molecule has 0 saturated heterocycles. The van der Waals surface area contributed by atoms with Gasteiger partial charge < -0.3 is 11.5 Å². The standard InChI is InChI=1S/C8H8N2S/c9-5-1-2-8-6(3-5)7(10)4-11-8/h1-4H,9-10H2. The van der Waals surface area contributed by atoms with Gasteiger partial charge in [0.1, 0.15) is 0 Å². The molecule has 4 N–H and O–H groups in total. The van der Waals surface area contributed by atoms with Gasteiger partial charge in [-0.25, -0.2) is 0 Å². The van der Waals surface area contributed by atoms with Crippen molar-refractivity contribution in [2.75, 3.05) is 11.5 Å². The predicted octanol–water partition coefficient (Wildman–Crippen LogP) is 2.07. The van der Waals surface area contributed by atoms with E-state index in [0.717, 1.165) is 16.8 Å². The van der Waals surface area contributed by atoms with Crippen LogP contribution in [0, 0.1) is 0 Å². The molecule has 0 saturated carbocycles. The van der Waals surface area contributed by atoms with E-state index in [1.165, 1.54) is 4.70 Å². The van der Waals surface area contributed by atoms with Gasteiger partial charge in [-0.2, -0.15) is 0 Å². The average molecular weight is 164 g/mol. The molecule has 2 aromatic rings. The molecule has 2 rings (SSSR count). The van der Waals surface area contributed by atoms with Crippen LogP contribution < -0.4 is 11.5 Å². The van der Waals surface area contributed by atoms with Crippen LogP contribution in [0.15, 0.2) is 23.6 Å². The SMILES string of the molecule is Nc1ccc2scc(N)c2c1. The predicted molar refractivity (Wildman–Crippen MR) is 50.6 cm³/mol. The van der Waals surface area contributed by atoms with Crippen LogP contribution in [0.25, 0.3) is 10.1 Å². The number of nitrogen functional groups attached to an aromatic ring is 2. The monoisotopic (exact) mass is 164 g/mol. The molecule has 11 heavy (non-hydrogen) atoms. The molecule has 0 atom stereocenters. The zero-order valence-corrected chi connectivity index (χ0v) is 6.69. The van der Waals surface area contributed by atoms with Crippen molar-refractivity contribution >= 4 is 32.8 Å². The highest BCUT2D eigenvalue weighted by Crippen LogP contribution is 2.29. The van der Waals surface area contributed by atoms with Crippen LogP contribution in [-0.4, -0.2) is 0 Å². The molecule has 1 aromatic heterocycles. The van der Waals surface area contributed by atoms with E-state index in [2.05, 4.69) is 0 Å². The van der Waals surface area contributed by atoms with Gasteiger partial charge in [-0.3, -0.25) is 0 Å². The summed E-state index contributed by atoms with van der Waals surface area (Å²) in [5.74, 6) is 0. The van der Waals surface area contributed by atoms with Crippen molar-refractivity contribution in [1.29, 1.82) is 0 Å². The number of hydrogen-bond acceptors (Lipinski definition) is 3. The summed E-state index contributed by atoms with van der Waals surface area (Å²) < 4.78 is 1.19. The first kappa shape index (κ1) is 6.49. The van der Waals surface area contributed by atoms with E-state index in [9.17, 15) is 0 Å². The summed E-state index contributed by atoms with van der Waals surface area (Å²) in [7, 11) is 0. The molecule has 0 radical (unpaired) electrons. The van der Waals surface area contributed by atoms with E-state index in [-0.39, 0.29) is 0 Å². The summed E-state index contributed by atoms with van der Waals surface area (Å²) in [6.45, 7) is 0. The topological polar surface area (TPSA) is 52.0 Å². The molecule has 0 aliphatic carbocycles. The first-order chi connectivity index (χ1) is 5.27. The number of benzene rings is 1. The van der Waals surface area contributed by atoms with Gasteiger partial charge in [0.2, 0.25) is 0 Å². The second kappa shape index (κ2) is 2.13. The lowest BCUT2D eigenvalue weighted by Gasteiger charge is -1.93. The number of nitrogens with two attached hydrogens (primary N) is 2. The van der Waals surface area contributed by atoms with Crippen molar-refractivity contribution in [3.05, 3.63) is 23.6 Å². The summed E-state index contributed by atoms with van der Waals surface area (Å²) in [4.78, 5) is 0. The van der Waals surface area contributed by atoms with Gasteiger partial charge in [-0.15, -0.1) is 11.3 Å². The van der Waals surface area contributed by atoms with Gasteiger partial charge in [0.05, 0.1) is 5.69 Å². The average Bonchev–Trinajstić information content (AvgIpc) is 2.33. The maximum absolute atomic E-state index is 5.70. The number of rotatable bonds is 0. The second-order valence-corrected chi connectivity index (χ2v) is 3.36. The van der Waals surface area contributed by atoms with Gasteiger partial charge in [-0.1, -0.05) is 0 Å². The fraction of sp³-hybridized carbons (Fsp3) is 0. The molecular formula is C8H8N2S. The third kappa shape index (κ3) is 0.935. The normalized spacial score (nSPS) is 10.5. The highest BCUT2D eigenvalue weighted by molar-refractivity contribution is 7.17. The number of hydrogen-bond donors (Lipinski definition) is 2. The smallest absolute Gasteiger partial charge is 0.0503 e. The molecule has 0 spiro atoms. The summed E-state index contributed by atoms with van der Waals surface area (Å²) >= 11 is 1.64. The van der Waals surface area contributed by atoms with Crippen LogP contribution in [0.5, 0.6) is 0 Å². The highest BCUT2D eigenvalue weighted by Gasteiger charge is 1.99. The van der Waals surface area contributed by atoms with Crippen LogP contribution >= 0.6 is 11.3 Å². The van der Waals surface area contributed by atoms with Crippen molar-refractivity contribution in [3.63, 3.8) is 0 Å². The minimum Gasteiger partial charge on any atom is -0.399 e. The Hall–Kier alpha value is -1.22. The molecule has 3 heteroatoms. The van der Waals surface area contributed by atoms with Crippen molar-refractivity contribution in [1.82, 2.24) is 0 Å². The Morgan fingerprint density at radius 1 is 1.18 bits per heavy atom. The maximum Gasteiger partial charge on any atom is 0.0503 e. The Labute approximate surface area is 68.4 Å². The van der Waals surface area contributed by atoms with Crippen molar-refractivity contribution in [2.45, 2.75) is 0 Å². The fourth-order valence-corrected chi connectivity index (χ4v) is 1.90. The van der Waals surface area contributed by atoms with E-state index >= 15 is 0 Å². The van der Waals surface area contributed by atoms with E-state index in [1.807, 2.05) is 23.6 Å². The van der Waals surface area contributed by atoms with Crippen molar-refractivity contribution in [2.24, 2.45) is 0 Å². The summed E-state index contributed by atoms with van der Waals surface area (Å²) in [6.07, 6.45) is 0. The lowest BCUT2D eigenvalue weighted by molar-refractivity contribution is 1.78. The Morgan fingerprint density at radius 2 is 2.00 bits per heavy atom. The van der Waals surface area contributed by atoms with Gasteiger partial charge in [0, 0.05) is 21.2 Å². The van der Waals surface area contributed by atoms with Crippen LogP contribution in [0.3, 0.4) is 0 Å². The molecule has 0 amide bonds. The van der Waals surface area contributed by atoms with Gasteiger partial charge >= 0.3 is 0 Å². The molecule has 0 aliphatic heterocycles. The fourth-order valence-electron chi connectivity index (χ4n) is 1.07. The third-order valence-corrected chi connectivity index (χ3v) is 2.61. The Balaban J connectivity index is 2.87. The summed E-state index contributed by atoms with van der Waals surface area (Å²) in [5, 5.41) is 3.00. The van der Waals surface area contributed by atoms with Gasteiger partial charge in [0.25, 0.3) is 0 Å². The van der Waals surface area contributed by atoms with Crippen LogP contribution in [0.4, 0.5) is 11.4 Å². The Kier molecular flexibility index (Phi) is 1.26. The molecule has 0 bridgehead atoms. The highest BCUT2D eigenvalue weighted by atomic mass is 32.1. The molecule has 0 fully saturated rings. The van der Waals surface area contributed by atoms with E-state index in [1.54, 1.807) is 11.3 Å². The minimum atomic E-state index is 0.766. The second-order valence-electron chi connectivity index (χ2n) is 2.45. The van der Waals surface area contributed by atoms with E-state index in [0.29, 0.717) is 0 Å². The Bertz CT molecular complexity index is 392. The quantitative estimate of drug-likeness (QED) is 0.585. The summed E-state index contributed by atoms with van der Waals surface area (Å²) in [5.41, 5.74) is 12.9. The lowest BCUT2D eigenvalue weighted by atomic mass is 10.2. The first-order valence-corrected chi connectivity index (χ1v) is 4.17. The molecule has 56 valence electrons. The molecule has 1 aromatic carbocycles. The molecule has 0 unspecified atom stereocenters. The maximum atomic E-state index is 5.70. The number of thiophene rings is 1. The number of fused-ring (bicyclic) bond motifs is 1. The van der Waals surface area contributed by atoms with Crippen LogP contribution in [-0.2, 0) is 0 Å². The third-order valence-electron chi connectivity index (χ3n) is 1.63. The van der Waals surface area contributed by atoms with Gasteiger partial charge in [-0.05, 0) is 18.2 Å². The largest absolute Gasteiger partial charge is 0.399 e. The lowest BCUT2D eigenvalue weighted by Crippen LogP contribution is -1.84. The Morgan fingerprint density at radius 3 is 2.82 bits per heavy atom. The molecule has 0 aliphatic rings. The zero-order chi connectivity index (χ0) is 7.84. The number of anilines is 2. The van der Waals surface area contributed by atoms with Crippen LogP contribution in [0.1, 0.15) is 0 Å². The van der Waals surface area contributed by atoms with E-state index in [4.69, 9.17) is 11.5 Å². The molecular weight excluding hydrogens is 156 g/mol. The van der Waals surface area contributed by atoms with E-state index < -0.39 is 0 Å². The molecule has 1 heterocycles. The minimum absolute atomic E-state index is 0.766. The molecule has 2 nitrogen and oxygen atoms in total. The first-order valence-electron chi connectivity index (χ1n) is 3.29. The van der Waals surface area contributed by atoms with Crippen LogP contribution in [0.2, 0.25) is 0 Å². The van der Waals surface area contributed by atoms with Crippen molar-refractivity contribution < 1.29 is 0 Å².